The molecule has 1 aromatic rings. The fourth-order valence-corrected chi connectivity index (χ4v) is 3.41. The van der Waals surface area contributed by atoms with E-state index < -0.39 is 15.8 Å². The van der Waals surface area contributed by atoms with E-state index >= 15 is 0 Å². The summed E-state index contributed by atoms with van der Waals surface area (Å²) >= 11 is 5.57. The number of ether oxygens (including phenoxy) is 1. The maximum absolute atomic E-state index is 13.3. The number of halogens is 2. The molecule has 0 aromatic heterocycles. The Kier molecular flexibility index (Phi) is 4.21. The van der Waals surface area contributed by atoms with Gasteiger partial charge in [0.25, 0.3) is 0 Å². The molecule has 0 unspecified atom stereocenters. The first-order chi connectivity index (χ1) is 8.55. The lowest BCUT2D eigenvalue weighted by atomic mass is 10.2. The van der Waals surface area contributed by atoms with Gasteiger partial charge in [-0.2, -0.15) is 4.31 Å². The molecule has 0 aliphatic carbocycles. The first kappa shape index (κ1) is 13.7. The Hall–Kier alpha value is -0.690. The summed E-state index contributed by atoms with van der Waals surface area (Å²) < 4.78 is 44.3. The van der Waals surface area contributed by atoms with Crippen LogP contribution in [-0.2, 0) is 20.6 Å². The van der Waals surface area contributed by atoms with Crippen LogP contribution in [0, 0.1) is 5.82 Å². The Balaban J connectivity index is 2.34. The van der Waals surface area contributed by atoms with Crippen LogP contribution in [0.1, 0.15) is 5.56 Å². The third kappa shape index (κ3) is 2.66. The Labute approximate surface area is 110 Å². The molecule has 0 N–H and O–H groups in total. The van der Waals surface area contributed by atoms with Crippen molar-refractivity contribution in [3.8, 4) is 0 Å². The van der Waals surface area contributed by atoms with Crippen LogP contribution in [0.4, 0.5) is 4.39 Å². The summed E-state index contributed by atoms with van der Waals surface area (Å²) in [5, 5.41) is 0. The van der Waals surface area contributed by atoms with Crippen molar-refractivity contribution in [3.63, 3.8) is 0 Å². The van der Waals surface area contributed by atoms with E-state index in [1.807, 2.05) is 0 Å². The average molecular weight is 294 g/mol. The van der Waals surface area contributed by atoms with Crippen LogP contribution in [0.15, 0.2) is 23.1 Å². The first-order valence-electron chi connectivity index (χ1n) is 5.48. The molecule has 1 heterocycles. The SMILES string of the molecule is O=S(=O)(c1ccc(F)c(CCl)c1)N1CCOCC1. The van der Waals surface area contributed by atoms with Gasteiger partial charge >= 0.3 is 0 Å². The van der Waals surface area contributed by atoms with Crippen molar-refractivity contribution in [2.75, 3.05) is 26.3 Å². The van der Waals surface area contributed by atoms with E-state index in [4.69, 9.17) is 16.3 Å². The summed E-state index contributed by atoms with van der Waals surface area (Å²) in [5.41, 5.74) is 0.186. The molecule has 0 radical (unpaired) electrons. The van der Waals surface area contributed by atoms with Gasteiger partial charge in [0.1, 0.15) is 5.82 Å². The van der Waals surface area contributed by atoms with E-state index in [0.29, 0.717) is 26.3 Å². The molecule has 2 rings (SSSR count). The molecule has 7 heteroatoms. The number of nitrogens with zero attached hydrogens (tertiary/aromatic N) is 1. The molecule has 1 aromatic carbocycles. The minimum Gasteiger partial charge on any atom is -0.379 e. The van der Waals surface area contributed by atoms with Crippen molar-refractivity contribution >= 4 is 21.6 Å². The highest BCUT2D eigenvalue weighted by Crippen LogP contribution is 2.21. The second kappa shape index (κ2) is 5.52. The fraction of sp³-hybridized carbons (Fsp3) is 0.455. The monoisotopic (exact) mass is 293 g/mol. The van der Waals surface area contributed by atoms with E-state index in [2.05, 4.69) is 0 Å². The Morgan fingerprint density at radius 2 is 2.00 bits per heavy atom. The summed E-state index contributed by atoms with van der Waals surface area (Å²) in [6.07, 6.45) is 0. The van der Waals surface area contributed by atoms with Gasteiger partial charge in [0, 0.05) is 18.7 Å². The van der Waals surface area contributed by atoms with E-state index in [1.54, 1.807) is 0 Å². The van der Waals surface area contributed by atoms with Gasteiger partial charge in [-0.3, -0.25) is 0 Å². The van der Waals surface area contributed by atoms with Gasteiger partial charge < -0.3 is 4.74 Å². The molecule has 0 spiro atoms. The van der Waals surface area contributed by atoms with E-state index in [-0.39, 0.29) is 16.3 Å². The second-order valence-electron chi connectivity index (χ2n) is 3.90. The topological polar surface area (TPSA) is 46.6 Å². The van der Waals surface area contributed by atoms with E-state index in [0.717, 1.165) is 6.07 Å². The van der Waals surface area contributed by atoms with Crippen molar-refractivity contribution in [2.24, 2.45) is 0 Å². The van der Waals surface area contributed by atoms with Crippen molar-refractivity contribution in [1.29, 1.82) is 0 Å². The molecule has 1 fully saturated rings. The minimum absolute atomic E-state index is 0.0572. The lowest BCUT2D eigenvalue weighted by Gasteiger charge is -2.26. The normalized spacial score (nSPS) is 17.9. The molecule has 0 amide bonds. The second-order valence-corrected chi connectivity index (χ2v) is 6.11. The highest BCUT2D eigenvalue weighted by atomic mass is 35.5. The molecule has 100 valence electrons. The molecule has 0 atom stereocenters. The van der Waals surface area contributed by atoms with Crippen LogP contribution in [0.2, 0.25) is 0 Å². The maximum Gasteiger partial charge on any atom is 0.243 e. The smallest absolute Gasteiger partial charge is 0.243 e. The third-order valence-electron chi connectivity index (χ3n) is 2.77. The number of sulfonamides is 1. The van der Waals surface area contributed by atoms with Crippen LogP contribution in [0.25, 0.3) is 0 Å². The Morgan fingerprint density at radius 3 is 2.61 bits per heavy atom. The predicted octanol–water partition coefficient (Wildman–Crippen LogP) is 1.59. The molecular formula is C11H13ClFNO3S. The fourth-order valence-electron chi connectivity index (χ4n) is 1.75. The number of alkyl halides is 1. The first-order valence-corrected chi connectivity index (χ1v) is 7.45. The largest absolute Gasteiger partial charge is 0.379 e. The Bertz CT molecular complexity index is 529. The molecule has 1 saturated heterocycles. The number of hydrogen-bond donors (Lipinski definition) is 0. The maximum atomic E-state index is 13.3. The highest BCUT2D eigenvalue weighted by molar-refractivity contribution is 7.89. The lowest BCUT2D eigenvalue weighted by Crippen LogP contribution is -2.40. The van der Waals surface area contributed by atoms with Gasteiger partial charge in [0.15, 0.2) is 0 Å². The number of hydrogen-bond acceptors (Lipinski definition) is 3. The molecule has 4 nitrogen and oxygen atoms in total. The van der Waals surface area contributed by atoms with Crippen molar-refractivity contribution in [2.45, 2.75) is 10.8 Å². The van der Waals surface area contributed by atoms with Gasteiger partial charge in [-0.1, -0.05) is 0 Å². The predicted molar refractivity (Wildman–Crippen MR) is 65.5 cm³/mol. The summed E-state index contributed by atoms with van der Waals surface area (Å²) in [5.74, 6) is -0.552. The van der Waals surface area contributed by atoms with Gasteiger partial charge in [0.05, 0.1) is 24.0 Å². The Morgan fingerprint density at radius 1 is 1.33 bits per heavy atom. The van der Waals surface area contributed by atoms with Crippen molar-refractivity contribution < 1.29 is 17.5 Å². The quantitative estimate of drug-likeness (QED) is 0.795. The summed E-state index contributed by atoms with van der Waals surface area (Å²) in [6.45, 7) is 1.39. The van der Waals surface area contributed by atoms with Crippen LogP contribution in [0.5, 0.6) is 0 Å². The summed E-state index contributed by atoms with van der Waals surface area (Å²) in [7, 11) is -3.58. The standard InChI is InChI=1S/C11H13ClFNO3S/c12-8-9-7-10(1-2-11(9)13)18(15,16)14-3-5-17-6-4-14/h1-2,7H,3-6,8H2. The summed E-state index contributed by atoms with van der Waals surface area (Å²) in [4.78, 5) is 0.0708. The molecule has 18 heavy (non-hydrogen) atoms. The van der Waals surface area contributed by atoms with Crippen LogP contribution in [0.3, 0.4) is 0 Å². The van der Waals surface area contributed by atoms with Crippen molar-refractivity contribution in [1.82, 2.24) is 4.31 Å². The number of morpholine rings is 1. The van der Waals surface area contributed by atoms with E-state index in [1.165, 1.54) is 16.4 Å². The molecular weight excluding hydrogens is 281 g/mol. The average Bonchev–Trinajstić information content (AvgIpc) is 2.40. The molecule has 1 aliphatic heterocycles. The van der Waals surface area contributed by atoms with Crippen LogP contribution in [-0.4, -0.2) is 39.0 Å². The lowest BCUT2D eigenvalue weighted by molar-refractivity contribution is 0.0730. The zero-order valence-electron chi connectivity index (χ0n) is 9.60. The third-order valence-corrected chi connectivity index (χ3v) is 4.95. The minimum atomic E-state index is -3.58. The number of rotatable bonds is 3. The van der Waals surface area contributed by atoms with Gasteiger partial charge in [-0.25, -0.2) is 12.8 Å². The number of benzene rings is 1. The van der Waals surface area contributed by atoms with E-state index in [9.17, 15) is 12.8 Å². The van der Waals surface area contributed by atoms with Crippen LogP contribution < -0.4 is 0 Å². The van der Waals surface area contributed by atoms with Crippen molar-refractivity contribution in [3.05, 3.63) is 29.6 Å². The molecule has 1 aliphatic rings. The summed E-state index contributed by atoms with van der Waals surface area (Å²) in [6, 6.07) is 3.67. The van der Waals surface area contributed by atoms with Gasteiger partial charge in [-0.15, -0.1) is 11.6 Å². The van der Waals surface area contributed by atoms with Gasteiger partial charge in [-0.05, 0) is 18.2 Å². The zero-order chi connectivity index (χ0) is 13.2. The van der Waals surface area contributed by atoms with Gasteiger partial charge in [0.2, 0.25) is 10.0 Å². The molecule has 0 saturated carbocycles. The molecule has 0 bridgehead atoms. The van der Waals surface area contributed by atoms with Crippen LogP contribution >= 0.6 is 11.6 Å². The highest BCUT2D eigenvalue weighted by Gasteiger charge is 2.26. The zero-order valence-corrected chi connectivity index (χ0v) is 11.2.